The molecule has 0 aromatic carbocycles. The molecule has 0 saturated heterocycles. The molecule has 0 heterocycles. The van der Waals surface area contributed by atoms with Crippen LogP contribution in [0.15, 0.2) is 0 Å². The van der Waals surface area contributed by atoms with Crippen LogP contribution in [0.1, 0.15) is 26.7 Å². The van der Waals surface area contributed by atoms with Crippen molar-refractivity contribution >= 4 is 0 Å². The molecule has 0 radical (unpaired) electrons. The third-order valence-corrected chi connectivity index (χ3v) is 1.94. The summed E-state index contributed by atoms with van der Waals surface area (Å²) in [5, 5.41) is 3.17. The van der Waals surface area contributed by atoms with E-state index in [9.17, 15) is 0 Å². The van der Waals surface area contributed by atoms with Gasteiger partial charge in [-0.3, -0.25) is 0 Å². The maximum Gasteiger partial charge on any atom is 0.0734 e. The highest BCUT2D eigenvalue weighted by molar-refractivity contribution is 4.92. The van der Waals surface area contributed by atoms with Gasteiger partial charge in [0.25, 0.3) is 0 Å². The summed E-state index contributed by atoms with van der Waals surface area (Å²) in [5.41, 5.74) is 0. The molecule has 12 heavy (non-hydrogen) atoms. The second-order valence-corrected chi connectivity index (χ2v) is 2.71. The maximum absolute atomic E-state index is 5.54. The molecule has 0 aliphatic rings. The summed E-state index contributed by atoms with van der Waals surface area (Å²) in [4.78, 5) is 0. The van der Waals surface area contributed by atoms with Crippen molar-refractivity contribution in [3.05, 3.63) is 0 Å². The van der Waals surface area contributed by atoms with Crippen LogP contribution in [0.3, 0.4) is 0 Å². The first kappa shape index (κ1) is 11.5. The van der Waals surface area contributed by atoms with E-state index < -0.39 is 0 Å². The molecule has 0 fully saturated rings. The molecular formula is C10H19NO. The van der Waals surface area contributed by atoms with Crippen LogP contribution < -0.4 is 5.32 Å². The SMILES string of the molecule is C#CCC(NC)C(CC)OCC. The molecule has 70 valence electrons. The van der Waals surface area contributed by atoms with Crippen molar-refractivity contribution in [2.45, 2.75) is 38.8 Å². The largest absolute Gasteiger partial charge is 0.377 e. The second kappa shape index (κ2) is 7.15. The maximum atomic E-state index is 5.54. The highest BCUT2D eigenvalue weighted by Crippen LogP contribution is 2.06. The number of likely N-dealkylation sites (N-methyl/N-ethyl adjacent to an activating group) is 1. The van der Waals surface area contributed by atoms with E-state index >= 15 is 0 Å². The third-order valence-electron chi connectivity index (χ3n) is 1.94. The van der Waals surface area contributed by atoms with Gasteiger partial charge < -0.3 is 10.1 Å². The molecule has 0 aliphatic carbocycles. The zero-order valence-electron chi connectivity index (χ0n) is 8.26. The summed E-state index contributed by atoms with van der Waals surface area (Å²) in [6, 6.07) is 0.292. The lowest BCUT2D eigenvalue weighted by Gasteiger charge is -2.23. The third kappa shape index (κ3) is 3.75. The van der Waals surface area contributed by atoms with E-state index in [4.69, 9.17) is 11.2 Å². The van der Waals surface area contributed by atoms with Crippen LogP contribution in [0, 0.1) is 12.3 Å². The molecule has 0 amide bonds. The minimum absolute atomic E-state index is 0.246. The zero-order valence-corrected chi connectivity index (χ0v) is 8.26. The molecule has 0 spiro atoms. The Morgan fingerprint density at radius 3 is 2.50 bits per heavy atom. The number of rotatable bonds is 6. The van der Waals surface area contributed by atoms with Gasteiger partial charge in [-0.2, -0.15) is 0 Å². The number of nitrogens with one attached hydrogen (secondary N) is 1. The number of hydrogen-bond acceptors (Lipinski definition) is 2. The predicted molar refractivity (Wildman–Crippen MR) is 52.0 cm³/mol. The van der Waals surface area contributed by atoms with E-state index in [1.807, 2.05) is 14.0 Å². The average Bonchev–Trinajstić information content (AvgIpc) is 2.11. The van der Waals surface area contributed by atoms with Crippen molar-refractivity contribution in [3.63, 3.8) is 0 Å². The molecule has 0 bridgehead atoms. The van der Waals surface area contributed by atoms with Crippen LogP contribution in [0.25, 0.3) is 0 Å². The fourth-order valence-corrected chi connectivity index (χ4v) is 1.28. The molecule has 0 aliphatic heterocycles. The number of terminal acetylenes is 1. The van der Waals surface area contributed by atoms with Crippen molar-refractivity contribution in [1.29, 1.82) is 0 Å². The fraction of sp³-hybridized carbons (Fsp3) is 0.800. The van der Waals surface area contributed by atoms with Gasteiger partial charge in [0.05, 0.1) is 6.10 Å². The lowest BCUT2D eigenvalue weighted by Crippen LogP contribution is -2.38. The van der Waals surface area contributed by atoms with Gasteiger partial charge in [-0.05, 0) is 20.4 Å². The molecule has 2 atom stereocenters. The van der Waals surface area contributed by atoms with Crippen LogP contribution in [-0.2, 0) is 4.74 Å². The van der Waals surface area contributed by atoms with Crippen LogP contribution in [-0.4, -0.2) is 25.8 Å². The van der Waals surface area contributed by atoms with Crippen LogP contribution in [0.4, 0.5) is 0 Å². The van der Waals surface area contributed by atoms with E-state index in [-0.39, 0.29) is 6.10 Å². The van der Waals surface area contributed by atoms with Gasteiger partial charge in [-0.15, -0.1) is 12.3 Å². The molecule has 2 unspecified atom stereocenters. The van der Waals surface area contributed by atoms with Gasteiger partial charge >= 0.3 is 0 Å². The number of hydrogen-bond donors (Lipinski definition) is 1. The molecule has 0 saturated carbocycles. The first-order valence-corrected chi connectivity index (χ1v) is 4.52. The highest BCUT2D eigenvalue weighted by Gasteiger charge is 2.16. The monoisotopic (exact) mass is 169 g/mol. The van der Waals surface area contributed by atoms with Crippen molar-refractivity contribution in [2.24, 2.45) is 0 Å². The van der Waals surface area contributed by atoms with Crippen molar-refractivity contribution in [3.8, 4) is 12.3 Å². The quantitative estimate of drug-likeness (QED) is 0.607. The molecular weight excluding hydrogens is 150 g/mol. The average molecular weight is 169 g/mol. The predicted octanol–water partition coefficient (Wildman–Crippen LogP) is 1.41. The normalized spacial score (nSPS) is 15.2. The van der Waals surface area contributed by atoms with Gasteiger partial charge in [-0.1, -0.05) is 6.92 Å². The highest BCUT2D eigenvalue weighted by atomic mass is 16.5. The van der Waals surface area contributed by atoms with Crippen molar-refractivity contribution in [1.82, 2.24) is 5.32 Å². The summed E-state index contributed by atoms with van der Waals surface area (Å²) in [6.45, 7) is 4.87. The summed E-state index contributed by atoms with van der Waals surface area (Å²) in [6.07, 6.45) is 7.23. The smallest absolute Gasteiger partial charge is 0.0734 e. The minimum Gasteiger partial charge on any atom is -0.377 e. The van der Waals surface area contributed by atoms with Crippen molar-refractivity contribution < 1.29 is 4.74 Å². The molecule has 1 N–H and O–H groups in total. The Hall–Kier alpha value is -0.520. The lowest BCUT2D eigenvalue weighted by molar-refractivity contribution is 0.0351. The van der Waals surface area contributed by atoms with Gasteiger partial charge in [-0.25, -0.2) is 0 Å². The van der Waals surface area contributed by atoms with Crippen LogP contribution in [0.2, 0.25) is 0 Å². The molecule has 0 aromatic heterocycles. The Morgan fingerprint density at radius 2 is 2.17 bits per heavy atom. The van der Waals surface area contributed by atoms with E-state index in [1.54, 1.807) is 0 Å². The fourth-order valence-electron chi connectivity index (χ4n) is 1.28. The van der Waals surface area contributed by atoms with E-state index in [0.29, 0.717) is 6.04 Å². The molecule has 2 heteroatoms. The Morgan fingerprint density at radius 1 is 1.50 bits per heavy atom. The number of ether oxygens (including phenoxy) is 1. The summed E-state index contributed by atoms with van der Waals surface area (Å²) >= 11 is 0. The standard InChI is InChI=1S/C10H19NO/c1-5-8-9(11-4)10(6-2)12-7-3/h1,9-11H,6-8H2,2-4H3. The molecule has 2 nitrogen and oxygen atoms in total. The van der Waals surface area contributed by atoms with E-state index in [0.717, 1.165) is 19.4 Å². The van der Waals surface area contributed by atoms with E-state index in [1.165, 1.54) is 0 Å². The zero-order chi connectivity index (χ0) is 9.40. The van der Waals surface area contributed by atoms with E-state index in [2.05, 4.69) is 18.2 Å². The lowest BCUT2D eigenvalue weighted by atomic mass is 10.1. The van der Waals surface area contributed by atoms with Crippen LogP contribution >= 0.6 is 0 Å². The van der Waals surface area contributed by atoms with Gasteiger partial charge in [0, 0.05) is 19.1 Å². The first-order chi connectivity index (χ1) is 5.79. The molecule has 0 rings (SSSR count). The second-order valence-electron chi connectivity index (χ2n) is 2.71. The Balaban J connectivity index is 3.95. The Labute approximate surface area is 75.7 Å². The van der Waals surface area contributed by atoms with Gasteiger partial charge in [0.1, 0.15) is 0 Å². The summed E-state index contributed by atoms with van der Waals surface area (Å²) < 4.78 is 5.54. The van der Waals surface area contributed by atoms with Crippen LogP contribution in [0.5, 0.6) is 0 Å². The summed E-state index contributed by atoms with van der Waals surface area (Å²) in [7, 11) is 1.92. The molecule has 0 aromatic rings. The minimum atomic E-state index is 0.246. The van der Waals surface area contributed by atoms with Gasteiger partial charge in [0.2, 0.25) is 0 Å². The Bertz CT molecular complexity index is 139. The topological polar surface area (TPSA) is 21.3 Å². The van der Waals surface area contributed by atoms with Crippen molar-refractivity contribution in [2.75, 3.05) is 13.7 Å². The Kier molecular flexibility index (Phi) is 6.84. The first-order valence-electron chi connectivity index (χ1n) is 4.52. The van der Waals surface area contributed by atoms with Gasteiger partial charge in [0.15, 0.2) is 0 Å². The summed E-state index contributed by atoms with van der Waals surface area (Å²) in [5.74, 6) is 2.65.